The number of rotatable bonds is 3. The molecule has 1 heterocycles. The van der Waals surface area contributed by atoms with Crippen LogP contribution in [0.1, 0.15) is 5.56 Å². The highest BCUT2D eigenvalue weighted by Crippen LogP contribution is 2.06. The van der Waals surface area contributed by atoms with Crippen LogP contribution >= 0.6 is 0 Å². The molecule has 0 aliphatic rings. The summed E-state index contributed by atoms with van der Waals surface area (Å²) in [4.78, 5) is 23.2. The maximum Gasteiger partial charge on any atom is 0.332 e. The zero-order chi connectivity index (χ0) is 14.0. The molecule has 0 radical (unpaired) electrons. The van der Waals surface area contributed by atoms with Crippen molar-refractivity contribution in [1.29, 1.82) is 0 Å². The molecule has 0 saturated heterocycles. The van der Waals surface area contributed by atoms with Crippen LogP contribution in [-0.4, -0.2) is 9.13 Å². The van der Waals surface area contributed by atoms with Crippen LogP contribution in [0, 0.1) is 5.82 Å². The summed E-state index contributed by atoms with van der Waals surface area (Å²) in [5.74, 6) is 0.127. The summed E-state index contributed by atoms with van der Waals surface area (Å²) in [5, 5.41) is 2.98. The van der Waals surface area contributed by atoms with Gasteiger partial charge in [-0.15, -0.1) is 0 Å². The maximum absolute atomic E-state index is 12.8. The van der Waals surface area contributed by atoms with Gasteiger partial charge in [0.15, 0.2) is 0 Å². The van der Waals surface area contributed by atoms with Gasteiger partial charge in [0, 0.05) is 26.7 Å². The van der Waals surface area contributed by atoms with Crippen molar-refractivity contribution in [2.75, 3.05) is 5.32 Å². The van der Waals surface area contributed by atoms with E-state index in [1.807, 2.05) is 0 Å². The first kappa shape index (κ1) is 13.1. The Balaban J connectivity index is 2.23. The highest BCUT2D eigenvalue weighted by Gasteiger charge is 2.05. The summed E-state index contributed by atoms with van der Waals surface area (Å²) in [7, 11) is 3.00. The number of benzene rings is 1. The second-order valence-electron chi connectivity index (χ2n) is 4.25. The molecular formula is C13H14FN3O2. The van der Waals surface area contributed by atoms with Gasteiger partial charge in [-0.25, -0.2) is 9.18 Å². The van der Waals surface area contributed by atoms with Crippen LogP contribution in [0.4, 0.5) is 10.2 Å². The molecule has 6 heteroatoms. The van der Waals surface area contributed by atoms with E-state index in [2.05, 4.69) is 5.32 Å². The molecule has 19 heavy (non-hydrogen) atoms. The van der Waals surface area contributed by atoms with Crippen LogP contribution in [0.2, 0.25) is 0 Å². The maximum atomic E-state index is 12.8. The first-order valence-electron chi connectivity index (χ1n) is 5.74. The van der Waals surface area contributed by atoms with Crippen LogP contribution < -0.4 is 16.6 Å². The van der Waals surface area contributed by atoms with E-state index >= 15 is 0 Å². The minimum atomic E-state index is -0.394. The minimum absolute atomic E-state index is 0.301. The van der Waals surface area contributed by atoms with E-state index in [4.69, 9.17) is 0 Å². The topological polar surface area (TPSA) is 56.0 Å². The van der Waals surface area contributed by atoms with Gasteiger partial charge < -0.3 is 5.32 Å². The smallest absolute Gasteiger partial charge is 0.332 e. The van der Waals surface area contributed by atoms with Crippen LogP contribution in [0.3, 0.4) is 0 Å². The van der Waals surface area contributed by atoms with Gasteiger partial charge in [0.25, 0.3) is 5.56 Å². The highest BCUT2D eigenvalue weighted by molar-refractivity contribution is 5.35. The average Bonchev–Trinajstić information content (AvgIpc) is 2.41. The molecule has 0 spiro atoms. The number of anilines is 1. The van der Waals surface area contributed by atoms with Crippen LogP contribution in [-0.2, 0) is 20.6 Å². The molecule has 0 aliphatic heterocycles. The molecule has 0 fully saturated rings. The fourth-order valence-electron chi connectivity index (χ4n) is 1.70. The molecule has 2 aromatic rings. The second-order valence-corrected chi connectivity index (χ2v) is 4.25. The quantitative estimate of drug-likeness (QED) is 0.892. The van der Waals surface area contributed by atoms with Crippen molar-refractivity contribution in [3.63, 3.8) is 0 Å². The first-order valence-corrected chi connectivity index (χ1v) is 5.74. The molecule has 1 aromatic carbocycles. The van der Waals surface area contributed by atoms with Gasteiger partial charge in [-0.05, 0) is 17.7 Å². The number of nitrogens with one attached hydrogen (secondary N) is 1. The number of aromatic nitrogens is 2. The Morgan fingerprint density at radius 3 is 2.37 bits per heavy atom. The van der Waals surface area contributed by atoms with E-state index in [1.54, 1.807) is 19.2 Å². The summed E-state index contributed by atoms with van der Waals surface area (Å²) in [5.41, 5.74) is 0.0911. The van der Waals surface area contributed by atoms with Gasteiger partial charge in [0.05, 0.1) is 0 Å². The van der Waals surface area contributed by atoms with Crippen molar-refractivity contribution in [1.82, 2.24) is 9.13 Å². The number of hydrogen-bond acceptors (Lipinski definition) is 3. The van der Waals surface area contributed by atoms with Gasteiger partial charge >= 0.3 is 5.69 Å². The lowest BCUT2D eigenvalue weighted by Crippen LogP contribution is -2.37. The van der Waals surface area contributed by atoms with Crippen molar-refractivity contribution in [2.45, 2.75) is 6.54 Å². The summed E-state index contributed by atoms with van der Waals surface area (Å²) in [6, 6.07) is 7.36. The van der Waals surface area contributed by atoms with E-state index in [0.29, 0.717) is 12.4 Å². The van der Waals surface area contributed by atoms with Crippen molar-refractivity contribution < 1.29 is 4.39 Å². The lowest BCUT2D eigenvalue weighted by molar-refractivity contribution is 0.627. The van der Waals surface area contributed by atoms with Crippen LogP contribution in [0.15, 0.2) is 39.9 Å². The third-order valence-electron chi connectivity index (χ3n) is 2.91. The molecule has 2 rings (SSSR count). The fourth-order valence-corrected chi connectivity index (χ4v) is 1.70. The van der Waals surface area contributed by atoms with Crippen LogP contribution in [0.5, 0.6) is 0 Å². The van der Waals surface area contributed by atoms with E-state index in [1.165, 1.54) is 29.8 Å². The van der Waals surface area contributed by atoms with Gasteiger partial charge in [-0.1, -0.05) is 12.1 Å². The van der Waals surface area contributed by atoms with Gasteiger partial charge in [0.1, 0.15) is 11.6 Å². The Kier molecular flexibility index (Phi) is 3.50. The molecule has 0 aliphatic carbocycles. The summed E-state index contributed by atoms with van der Waals surface area (Å²) in [6.07, 6.45) is 0. The summed E-state index contributed by atoms with van der Waals surface area (Å²) in [6.45, 7) is 0.403. The van der Waals surface area contributed by atoms with Crippen molar-refractivity contribution in [3.8, 4) is 0 Å². The Morgan fingerprint density at radius 1 is 1.11 bits per heavy atom. The van der Waals surface area contributed by atoms with Crippen molar-refractivity contribution >= 4 is 5.82 Å². The molecule has 5 nitrogen and oxygen atoms in total. The Morgan fingerprint density at radius 2 is 1.74 bits per heavy atom. The fraction of sp³-hybridized carbons (Fsp3) is 0.231. The minimum Gasteiger partial charge on any atom is -0.367 e. The molecule has 0 bridgehead atoms. The lowest BCUT2D eigenvalue weighted by Gasteiger charge is -2.11. The molecule has 1 aromatic heterocycles. The zero-order valence-electron chi connectivity index (χ0n) is 10.7. The first-order chi connectivity index (χ1) is 8.99. The van der Waals surface area contributed by atoms with E-state index < -0.39 is 5.69 Å². The SMILES string of the molecule is Cn1c(NCc2ccc(F)cc2)cc(=O)n(C)c1=O. The predicted octanol–water partition coefficient (Wildman–Crippen LogP) is 0.835. The third-order valence-corrected chi connectivity index (χ3v) is 2.91. The average molecular weight is 263 g/mol. The van der Waals surface area contributed by atoms with E-state index in [9.17, 15) is 14.0 Å². The number of hydrogen-bond donors (Lipinski definition) is 1. The van der Waals surface area contributed by atoms with E-state index in [-0.39, 0.29) is 11.4 Å². The van der Waals surface area contributed by atoms with Gasteiger partial charge in [-0.3, -0.25) is 13.9 Å². The third kappa shape index (κ3) is 2.73. The lowest BCUT2D eigenvalue weighted by atomic mass is 10.2. The monoisotopic (exact) mass is 263 g/mol. The van der Waals surface area contributed by atoms with E-state index in [0.717, 1.165) is 10.1 Å². The largest absolute Gasteiger partial charge is 0.367 e. The summed E-state index contributed by atoms with van der Waals surface area (Å²) < 4.78 is 15.1. The van der Waals surface area contributed by atoms with Crippen molar-refractivity contribution in [2.24, 2.45) is 14.1 Å². The zero-order valence-corrected chi connectivity index (χ0v) is 10.7. The molecule has 0 unspecified atom stereocenters. The van der Waals surface area contributed by atoms with Gasteiger partial charge in [-0.2, -0.15) is 0 Å². The molecule has 0 amide bonds. The summed E-state index contributed by atoms with van der Waals surface area (Å²) >= 11 is 0. The Hall–Kier alpha value is -2.37. The Bertz CT molecular complexity index is 701. The number of nitrogens with zero attached hydrogens (tertiary/aromatic N) is 2. The second kappa shape index (κ2) is 5.09. The standard InChI is InChI=1S/C13H14FN3O2/c1-16-11(7-12(18)17(2)13(16)19)15-8-9-3-5-10(14)6-4-9/h3-7,15H,8H2,1-2H3. The number of halogens is 1. The van der Waals surface area contributed by atoms with Crippen molar-refractivity contribution in [3.05, 3.63) is 62.6 Å². The van der Waals surface area contributed by atoms with Crippen LogP contribution in [0.25, 0.3) is 0 Å². The highest BCUT2D eigenvalue weighted by atomic mass is 19.1. The molecule has 1 N–H and O–H groups in total. The molecular weight excluding hydrogens is 249 g/mol. The molecule has 100 valence electrons. The van der Waals surface area contributed by atoms with Gasteiger partial charge in [0.2, 0.25) is 0 Å². The predicted molar refractivity (Wildman–Crippen MR) is 70.7 cm³/mol. The Labute approximate surface area is 108 Å². The molecule has 0 atom stereocenters. The normalized spacial score (nSPS) is 10.5. The molecule has 0 saturated carbocycles.